The van der Waals surface area contributed by atoms with Crippen LogP contribution in [0.25, 0.3) is 0 Å². The van der Waals surface area contributed by atoms with Crippen LogP contribution in [0.5, 0.6) is 11.5 Å². The summed E-state index contributed by atoms with van der Waals surface area (Å²) in [6.07, 6.45) is 3.37. The van der Waals surface area contributed by atoms with E-state index in [1.165, 1.54) is 6.42 Å². The minimum Gasteiger partial charge on any atom is -0.493 e. The van der Waals surface area contributed by atoms with Crippen molar-refractivity contribution in [1.29, 1.82) is 0 Å². The maximum atomic E-state index is 12.3. The Morgan fingerprint density at radius 3 is 2.56 bits per heavy atom. The molecule has 0 bridgehead atoms. The van der Waals surface area contributed by atoms with E-state index in [-0.39, 0.29) is 36.4 Å². The molecule has 1 aliphatic rings. The van der Waals surface area contributed by atoms with Crippen molar-refractivity contribution in [2.75, 3.05) is 45.2 Å². The number of methoxy groups -OCH3 is 1. The molecule has 1 aliphatic heterocycles. The van der Waals surface area contributed by atoms with E-state index in [0.29, 0.717) is 30.6 Å². The molecule has 1 saturated heterocycles. The lowest BCUT2D eigenvalue weighted by Crippen LogP contribution is -2.38. The minimum atomic E-state index is 0. The second-order valence-electron chi connectivity index (χ2n) is 6.06. The molecule has 0 radical (unpaired) electrons. The molecule has 2 N–H and O–H groups in total. The van der Waals surface area contributed by atoms with Crippen LogP contribution >= 0.6 is 24.0 Å². The van der Waals surface area contributed by atoms with E-state index in [9.17, 15) is 4.79 Å². The van der Waals surface area contributed by atoms with Crippen LogP contribution < -0.4 is 20.1 Å². The molecule has 0 saturated carbocycles. The summed E-state index contributed by atoms with van der Waals surface area (Å²) in [6, 6.07) is 5.60. The fourth-order valence-corrected chi connectivity index (χ4v) is 2.86. The van der Waals surface area contributed by atoms with Gasteiger partial charge in [-0.15, -0.1) is 24.0 Å². The topological polar surface area (TPSA) is 75.2 Å². The first kappa shape index (κ1) is 23.3. The lowest BCUT2D eigenvalue weighted by atomic mass is 10.1. The van der Waals surface area contributed by atoms with Crippen molar-refractivity contribution >= 4 is 41.5 Å². The summed E-state index contributed by atoms with van der Waals surface area (Å²) >= 11 is 0. The Balaban J connectivity index is 0.00000364. The molecular weight excluding hydrogens is 459 g/mol. The lowest BCUT2D eigenvalue weighted by molar-refractivity contribution is -0.130. The van der Waals surface area contributed by atoms with Gasteiger partial charge in [-0.05, 0) is 45.2 Å². The standard InChI is InChI=1S/C19H30N4O3.HI/c1-4-20-19(21-14-18(24)23-11-7-6-8-12-23)22-15-9-10-16(25-3)17(13-15)26-5-2;/h9-10,13H,4-8,11-12,14H2,1-3H3,(H2,20,21,22);1H. The van der Waals surface area contributed by atoms with E-state index < -0.39 is 0 Å². The molecule has 1 aromatic rings. The molecule has 7 nitrogen and oxygen atoms in total. The molecule has 2 rings (SSSR count). The first-order valence-electron chi connectivity index (χ1n) is 9.31. The summed E-state index contributed by atoms with van der Waals surface area (Å²) in [5, 5.41) is 6.39. The number of hydrogen-bond acceptors (Lipinski definition) is 4. The molecule has 0 spiro atoms. The van der Waals surface area contributed by atoms with Crippen molar-refractivity contribution < 1.29 is 14.3 Å². The maximum Gasteiger partial charge on any atom is 0.244 e. The van der Waals surface area contributed by atoms with Gasteiger partial charge < -0.3 is 25.0 Å². The largest absolute Gasteiger partial charge is 0.493 e. The van der Waals surface area contributed by atoms with Crippen molar-refractivity contribution in [2.24, 2.45) is 4.99 Å². The van der Waals surface area contributed by atoms with Gasteiger partial charge >= 0.3 is 0 Å². The number of guanidine groups is 1. The van der Waals surface area contributed by atoms with Gasteiger partial charge in [0, 0.05) is 31.4 Å². The van der Waals surface area contributed by atoms with Gasteiger partial charge in [-0.25, -0.2) is 4.99 Å². The molecule has 1 heterocycles. The zero-order valence-electron chi connectivity index (χ0n) is 16.4. The van der Waals surface area contributed by atoms with Gasteiger partial charge in [-0.1, -0.05) is 0 Å². The average Bonchev–Trinajstić information content (AvgIpc) is 2.67. The summed E-state index contributed by atoms with van der Waals surface area (Å²) in [5.41, 5.74) is 0.819. The number of piperidine rings is 1. The van der Waals surface area contributed by atoms with Crippen LogP contribution in [0.3, 0.4) is 0 Å². The van der Waals surface area contributed by atoms with Gasteiger partial charge in [0.2, 0.25) is 5.91 Å². The van der Waals surface area contributed by atoms with Crippen molar-refractivity contribution in [3.05, 3.63) is 18.2 Å². The normalized spacial score (nSPS) is 14.2. The number of rotatable bonds is 7. The number of amides is 1. The smallest absolute Gasteiger partial charge is 0.244 e. The zero-order chi connectivity index (χ0) is 18.8. The number of nitrogens with one attached hydrogen (secondary N) is 2. The molecular formula is C19H31IN4O3. The molecule has 0 aliphatic carbocycles. The highest BCUT2D eigenvalue weighted by atomic mass is 127. The first-order valence-corrected chi connectivity index (χ1v) is 9.31. The Hall–Kier alpha value is -1.71. The first-order chi connectivity index (χ1) is 12.7. The number of anilines is 1. The van der Waals surface area contributed by atoms with E-state index in [0.717, 1.165) is 31.6 Å². The molecule has 27 heavy (non-hydrogen) atoms. The molecule has 1 aromatic carbocycles. The Morgan fingerprint density at radius 2 is 1.93 bits per heavy atom. The van der Waals surface area contributed by atoms with E-state index in [4.69, 9.17) is 9.47 Å². The highest BCUT2D eigenvalue weighted by molar-refractivity contribution is 14.0. The van der Waals surface area contributed by atoms with Gasteiger partial charge in [0.15, 0.2) is 17.5 Å². The molecule has 0 unspecified atom stereocenters. The van der Waals surface area contributed by atoms with Gasteiger partial charge in [0.1, 0.15) is 6.54 Å². The number of carbonyl (C=O) groups excluding carboxylic acids is 1. The van der Waals surface area contributed by atoms with Crippen LogP contribution in [-0.4, -0.2) is 56.7 Å². The fourth-order valence-electron chi connectivity index (χ4n) is 2.86. The van der Waals surface area contributed by atoms with Gasteiger partial charge in [0.25, 0.3) is 0 Å². The molecule has 152 valence electrons. The number of hydrogen-bond donors (Lipinski definition) is 2. The Morgan fingerprint density at radius 1 is 1.19 bits per heavy atom. The van der Waals surface area contributed by atoms with E-state index in [1.807, 2.05) is 36.9 Å². The molecule has 1 fully saturated rings. The summed E-state index contributed by atoms with van der Waals surface area (Å²) < 4.78 is 10.9. The zero-order valence-corrected chi connectivity index (χ0v) is 18.7. The highest BCUT2D eigenvalue weighted by Crippen LogP contribution is 2.30. The number of aliphatic imine (C=N–C) groups is 1. The molecule has 1 amide bonds. The second-order valence-corrected chi connectivity index (χ2v) is 6.06. The Bertz CT molecular complexity index is 619. The summed E-state index contributed by atoms with van der Waals surface area (Å²) in [7, 11) is 1.61. The third-order valence-corrected chi connectivity index (χ3v) is 4.15. The van der Waals surface area contributed by atoms with Crippen LogP contribution in [-0.2, 0) is 4.79 Å². The average molecular weight is 490 g/mol. The van der Waals surface area contributed by atoms with Crippen LogP contribution in [0.15, 0.2) is 23.2 Å². The lowest BCUT2D eigenvalue weighted by Gasteiger charge is -2.26. The minimum absolute atomic E-state index is 0. The van der Waals surface area contributed by atoms with Crippen LogP contribution in [0.1, 0.15) is 33.1 Å². The Labute approximate surface area is 178 Å². The van der Waals surface area contributed by atoms with Crippen LogP contribution in [0.4, 0.5) is 5.69 Å². The second kappa shape index (κ2) is 12.6. The number of carbonyl (C=O) groups is 1. The number of halogens is 1. The van der Waals surface area contributed by atoms with Crippen molar-refractivity contribution in [2.45, 2.75) is 33.1 Å². The predicted molar refractivity (Wildman–Crippen MR) is 120 cm³/mol. The van der Waals surface area contributed by atoms with Crippen molar-refractivity contribution in [1.82, 2.24) is 10.2 Å². The summed E-state index contributed by atoms with van der Waals surface area (Å²) in [4.78, 5) is 18.6. The third kappa shape index (κ3) is 7.43. The quantitative estimate of drug-likeness (QED) is 0.349. The Kier molecular flexibility index (Phi) is 10.9. The monoisotopic (exact) mass is 490 g/mol. The molecule has 0 aromatic heterocycles. The number of ether oxygens (including phenoxy) is 2. The van der Waals surface area contributed by atoms with E-state index >= 15 is 0 Å². The van der Waals surface area contributed by atoms with Gasteiger partial charge in [-0.2, -0.15) is 0 Å². The summed E-state index contributed by atoms with van der Waals surface area (Å²) in [5.74, 6) is 2.00. The number of likely N-dealkylation sites (tertiary alicyclic amines) is 1. The van der Waals surface area contributed by atoms with Gasteiger partial charge in [-0.3, -0.25) is 4.79 Å². The van der Waals surface area contributed by atoms with E-state index in [2.05, 4.69) is 15.6 Å². The van der Waals surface area contributed by atoms with Crippen molar-refractivity contribution in [3.63, 3.8) is 0 Å². The number of benzene rings is 1. The molecule has 8 heteroatoms. The number of nitrogens with zero attached hydrogens (tertiary/aromatic N) is 2. The predicted octanol–water partition coefficient (Wildman–Crippen LogP) is 3.10. The SMILES string of the molecule is CCNC(=NCC(=O)N1CCCCC1)Nc1ccc(OC)c(OCC)c1.I. The van der Waals surface area contributed by atoms with E-state index in [1.54, 1.807) is 7.11 Å². The maximum absolute atomic E-state index is 12.3. The highest BCUT2D eigenvalue weighted by Gasteiger charge is 2.16. The van der Waals surface area contributed by atoms with Gasteiger partial charge in [0.05, 0.1) is 13.7 Å². The van der Waals surface area contributed by atoms with Crippen molar-refractivity contribution in [3.8, 4) is 11.5 Å². The fraction of sp³-hybridized carbons (Fsp3) is 0.579. The summed E-state index contributed by atoms with van der Waals surface area (Å²) in [6.45, 7) is 7.00. The third-order valence-electron chi connectivity index (χ3n) is 4.15. The van der Waals surface area contributed by atoms with Crippen LogP contribution in [0, 0.1) is 0 Å². The van der Waals surface area contributed by atoms with Crippen LogP contribution in [0.2, 0.25) is 0 Å². The molecule has 0 atom stereocenters.